The average molecular weight is 251 g/mol. The molecule has 2 atom stereocenters. The van der Waals surface area contributed by atoms with Crippen molar-refractivity contribution in [3.05, 3.63) is 42.5 Å². The molecule has 4 rings (SSSR count). The van der Waals surface area contributed by atoms with Crippen molar-refractivity contribution in [1.82, 2.24) is 0 Å². The van der Waals surface area contributed by atoms with Gasteiger partial charge < -0.3 is 0 Å². The smallest absolute Gasteiger partial charge is 0.237 e. The fourth-order valence-electron chi connectivity index (χ4n) is 3.17. The van der Waals surface area contributed by atoms with Gasteiger partial charge in [-0.1, -0.05) is 36.4 Å². The van der Waals surface area contributed by atoms with E-state index in [0.29, 0.717) is 0 Å². The van der Waals surface area contributed by atoms with Gasteiger partial charge in [0.15, 0.2) is 0 Å². The second-order valence-corrected chi connectivity index (χ2v) is 5.30. The molecule has 3 nitrogen and oxygen atoms in total. The van der Waals surface area contributed by atoms with E-state index in [9.17, 15) is 9.59 Å². The van der Waals surface area contributed by atoms with Gasteiger partial charge in [-0.05, 0) is 24.3 Å². The van der Waals surface area contributed by atoms with Crippen LogP contribution in [0.3, 0.4) is 0 Å². The zero-order chi connectivity index (χ0) is 13.0. The molecule has 1 heterocycles. The molecule has 2 aliphatic rings. The number of amides is 2. The summed E-state index contributed by atoms with van der Waals surface area (Å²) in [6, 6.07) is 13.6. The molecule has 1 saturated carbocycles. The molecule has 2 unspecified atom stereocenters. The van der Waals surface area contributed by atoms with Crippen molar-refractivity contribution < 1.29 is 9.59 Å². The lowest BCUT2D eigenvalue weighted by Gasteiger charge is -2.23. The van der Waals surface area contributed by atoms with E-state index >= 15 is 0 Å². The van der Waals surface area contributed by atoms with E-state index in [4.69, 9.17) is 0 Å². The summed E-state index contributed by atoms with van der Waals surface area (Å²) < 4.78 is 0. The Morgan fingerprint density at radius 1 is 0.842 bits per heavy atom. The molecule has 0 radical (unpaired) electrons. The third-order valence-electron chi connectivity index (χ3n) is 4.36. The summed E-state index contributed by atoms with van der Waals surface area (Å²) in [5, 5.41) is 2.02. The molecule has 0 bridgehead atoms. The van der Waals surface area contributed by atoms with E-state index in [-0.39, 0.29) is 23.7 Å². The monoisotopic (exact) mass is 251 g/mol. The van der Waals surface area contributed by atoms with E-state index in [2.05, 4.69) is 0 Å². The molecule has 19 heavy (non-hydrogen) atoms. The Kier molecular flexibility index (Phi) is 2.07. The predicted molar refractivity (Wildman–Crippen MR) is 72.7 cm³/mol. The topological polar surface area (TPSA) is 37.4 Å². The maximum atomic E-state index is 12.3. The van der Waals surface area contributed by atoms with Gasteiger partial charge in [0.1, 0.15) is 0 Å². The van der Waals surface area contributed by atoms with Crippen LogP contribution in [0.2, 0.25) is 0 Å². The lowest BCUT2D eigenvalue weighted by atomic mass is 9.76. The molecule has 2 aromatic carbocycles. The second-order valence-electron chi connectivity index (χ2n) is 5.30. The summed E-state index contributed by atoms with van der Waals surface area (Å²) >= 11 is 0. The Balaban J connectivity index is 1.91. The first-order valence-corrected chi connectivity index (χ1v) is 6.63. The number of hydrogen-bond donors (Lipinski definition) is 0. The highest BCUT2D eigenvalue weighted by Gasteiger charge is 2.53. The molecule has 1 aliphatic heterocycles. The fraction of sp³-hybridized carbons (Fsp3) is 0.250. The number of imide groups is 1. The summed E-state index contributed by atoms with van der Waals surface area (Å²) in [6.07, 6.45) is 1.72. The maximum Gasteiger partial charge on any atom is 0.237 e. The van der Waals surface area contributed by atoms with Crippen LogP contribution in [-0.2, 0) is 9.59 Å². The molecular weight excluding hydrogens is 238 g/mol. The van der Waals surface area contributed by atoms with Gasteiger partial charge >= 0.3 is 0 Å². The minimum Gasteiger partial charge on any atom is -0.274 e. The second kappa shape index (κ2) is 3.67. The fourth-order valence-corrected chi connectivity index (χ4v) is 3.17. The third kappa shape index (κ3) is 1.33. The van der Waals surface area contributed by atoms with Gasteiger partial charge in [-0.25, -0.2) is 4.90 Å². The highest BCUT2D eigenvalue weighted by molar-refractivity contribution is 6.25. The van der Waals surface area contributed by atoms with Crippen molar-refractivity contribution >= 4 is 28.3 Å². The maximum absolute atomic E-state index is 12.3. The first-order chi connectivity index (χ1) is 9.27. The summed E-state index contributed by atoms with van der Waals surface area (Å²) in [5.74, 6) is -0.159. The number of rotatable bonds is 1. The number of hydrogen-bond acceptors (Lipinski definition) is 2. The van der Waals surface area contributed by atoms with Crippen LogP contribution in [0.15, 0.2) is 42.5 Å². The molecule has 0 N–H and O–H groups in total. The quantitative estimate of drug-likeness (QED) is 0.731. The number of nitrogens with zero attached hydrogens (tertiary/aromatic N) is 1. The van der Waals surface area contributed by atoms with Crippen molar-refractivity contribution in [2.24, 2.45) is 11.8 Å². The Morgan fingerprint density at radius 3 is 2.16 bits per heavy atom. The van der Waals surface area contributed by atoms with Gasteiger partial charge in [-0.3, -0.25) is 9.59 Å². The molecular formula is C16H13NO2. The lowest BCUT2D eigenvalue weighted by molar-refractivity contribution is -0.123. The third-order valence-corrected chi connectivity index (χ3v) is 4.36. The molecule has 94 valence electrons. The average Bonchev–Trinajstić information content (AvgIpc) is 2.53. The lowest BCUT2D eigenvalue weighted by Crippen LogP contribution is -2.30. The number of benzene rings is 2. The number of carbonyl (C=O) groups is 2. The number of fused-ring (bicyclic) bond motifs is 2. The first kappa shape index (κ1) is 10.7. The Hall–Kier alpha value is -2.16. The van der Waals surface area contributed by atoms with Crippen molar-refractivity contribution in [3.63, 3.8) is 0 Å². The van der Waals surface area contributed by atoms with Crippen LogP contribution in [-0.4, -0.2) is 11.8 Å². The van der Waals surface area contributed by atoms with Crippen LogP contribution in [0.1, 0.15) is 12.8 Å². The van der Waals surface area contributed by atoms with Crippen LogP contribution >= 0.6 is 0 Å². The highest BCUT2D eigenvalue weighted by Crippen LogP contribution is 2.45. The number of anilines is 1. The highest BCUT2D eigenvalue weighted by atomic mass is 16.2. The largest absolute Gasteiger partial charge is 0.274 e. The van der Waals surface area contributed by atoms with Gasteiger partial charge in [-0.15, -0.1) is 0 Å². The van der Waals surface area contributed by atoms with Crippen molar-refractivity contribution in [3.8, 4) is 0 Å². The van der Waals surface area contributed by atoms with Crippen LogP contribution in [0, 0.1) is 11.8 Å². The van der Waals surface area contributed by atoms with Crippen molar-refractivity contribution in [2.45, 2.75) is 12.8 Å². The van der Waals surface area contributed by atoms with Gasteiger partial charge in [0.05, 0.1) is 17.5 Å². The minimum absolute atomic E-state index is 0.0161. The van der Waals surface area contributed by atoms with E-state index in [1.807, 2.05) is 42.5 Å². The van der Waals surface area contributed by atoms with E-state index in [1.54, 1.807) is 0 Å². The van der Waals surface area contributed by atoms with Crippen LogP contribution < -0.4 is 4.90 Å². The van der Waals surface area contributed by atoms with Crippen LogP contribution in [0.5, 0.6) is 0 Å². The molecule has 1 aliphatic carbocycles. The van der Waals surface area contributed by atoms with Crippen molar-refractivity contribution in [1.29, 1.82) is 0 Å². The zero-order valence-corrected chi connectivity index (χ0v) is 10.4. The molecule has 3 heteroatoms. The minimum atomic E-state index is -0.0635. The summed E-state index contributed by atoms with van der Waals surface area (Å²) in [7, 11) is 0. The van der Waals surface area contributed by atoms with E-state index < -0.39 is 0 Å². The Bertz CT molecular complexity index is 679. The molecule has 2 aromatic rings. The number of carbonyl (C=O) groups excluding carboxylic acids is 2. The summed E-state index contributed by atoms with van der Waals surface area (Å²) in [4.78, 5) is 26.1. The van der Waals surface area contributed by atoms with E-state index in [0.717, 1.165) is 29.3 Å². The Morgan fingerprint density at radius 2 is 1.47 bits per heavy atom. The normalized spacial score (nSPS) is 25.6. The van der Waals surface area contributed by atoms with Crippen LogP contribution in [0.4, 0.5) is 5.69 Å². The van der Waals surface area contributed by atoms with Crippen molar-refractivity contribution in [2.75, 3.05) is 4.90 Å². The van der Waals surface area contributed by atoms with Crippen LogP contribution in [0.25, 0.3) is 10.8 Å². The Labute approximate surface area is 110 Å². The SMILES string of the molecule is O=C1C2CCC2C(=O)N1c1cccc2ccccc12. The molecule has 2 fully saturated rings. The first-order valence-electron chi connectivity index (χ1n) is 6.63. The molecule has 2 amide bonds. The molecule has 0 aromatic heterocycles. The molecule has 1 saturated heterocycles. The summed E-state index contributed by atoms with van der Waals surface area (Å²) in [6.45, 7) is 0. The van der Waals surface area contributed by atoms with Gasteiger partial charge in [0, 0.05) is 5.39 Å². The summed E-state index contributed by atoms with van der Waals surface area (Å²) in [5.41, 5.74) is 0.738. The predicted octanol–water partition coefficient (Wildman–Crippen LogP) is 2.74. The van der Waals surface area contributed by atoms with Gasteiger partial charge in [0.2, 0.25) is 11.8 Å². The molecule has 0 spiro atoms. The van der Waals surface area contributed by atoms with Gasteiger partial charge in [-0.2, -0.15) is 0 Å². The standard InChI is InChI=1S/C16H13NO2/c18-15-12-8-9-13(12)16(19)17(15)14-7-3-5-10-4-1-2-6-11(10)14/h1-7,12-13H,8-9H2. The van der Waals surface area contributed by atoms with E-state index in [1.165, 1.54) is 4.90 Å². The van der Waals surface area contributed by atoms with Gasteiger partial charge in [0.25, 0.3) is 0 Å². The zero-order valence-electron chi connectivity index (χ0n) is 10.4.